The van der Waals surface area contributed by atoms with E-state index in [4.69, 9.17) is 9.63 Å². The van der Waals surface area contributed by atoms with Gasteiger partial charge in [0.05, 0.1) is 6.54 Å². The van der Waals surface area contributed by atoms with Gasteiger partial charge in [0.1, 0.15) is 6.04 Å². The Labute approximate surface area is 115 Å². The highest BCUT2D eigenvalue weighted by Crippen LogP contribution is 2.32. The smallest absolute Gasteiger partial charge is 0.320 e. The zero-order chi connectivity index (χ0) is 13.9. The number of nitrogens with zero attached hydrogens (tertiary/aromatic N) is 2. The van der Waals surface area contributed by atoms with Gasteiger partial charge in [-0.1, -0.05) is 35.5 Å². The van der Waals surface area contributed by atoms with Gasteiger partial charge in [-0.2, -0.15) is 4.98 Å². The average molecular weight is 273 g/mol. The Morgan fingerprint density at radius 2 is 2.15 bits per heavy atom. The Morgan fingerprint density at radius 1 is 1.40 bits per heavy atom. The predicted octanol–water partition coefficient (Wildman–Crippen LogP) is 1.69. The summed E-state index contributed by atoms with van der Waals surface area (Å²) in [6.45, 7) is 0.271. The molecule has 1 aliphatic rings. The summed E-state index contributed by atoms with van der Waals surface area (Å²) in [4.78, 5) is 15.4. The number of hydrogen-bond donors (Lipinski definition) is 2. The van der Waals surface area contributed by atoms with Crippen molar-refractivity contribution in [2.24, 2.45) is 5.92 Å². The SMILES string of the molecule is O=C(O)C(NCc1nc(-c2ccccc2)no1)C1CC1. The van der Waals surface area contributed by atoms with Crippen LogP contribution in [0.3, 0.4) is 0 Å². The molecule has 0 radical (unpaired) electrons. The molecule has 6 heteroatoms. The van der Waals surface area contributed by atoms with E-state index in [1.807, 2.05) is 30.3 Å². The number of hydrogen-bond acceptors (Lipinski definition) is 5. The second-order valence-corrected chi connectivity index (χ2v) is 4.91. The molecule has 1 aromatic heterocycles. The first-order chi connectivity index (χ1) is 9.74. The lowest BCUT2D eigenvalue weighted by molar-refractivity contribution is -0.140. The second-order valence-electron chi connectivity index (χ2n) is 4.91. The Kier molecular flexibility index (Phi) is 3.47. The quantitative estimate of drug-likeness (QED) is 0.832. The molecule has 1 heterocycles. The molecule has 1 unspecified atom stereocenters. The van der Waals surface area contributed by atoms with Gasteiger partial charge in [0.2, 0.25) is 11.7 Å². The van der Waals surface area contributed by atoms with Crippen molar-refractivity contribution in [2.75, 3.05) is 0 Å². The highest BCUT2D eigenvalue weighted by molar-refractivity contribution is 5.74. The lowest BCUT2D eigenvalue weighted by atomic mass is 10.2. The van der Waals surface area contributed by atoms with E-state index < -0.39 is 12.0 Å². The number of carbonyl (C=O) groups is 1. The van der Waals surface area contributed by atoms with Gasteiger partial charge in [-0.05, 0) is 18.8 Å². The topological polar surface area (TPSA) is 88.2 Å². The minimum absolute atomic E-state index is 0.226. The molecule has 1 fully saturated rings. The fourth-order valence-corrected chi connectivity index (χ4v) is 2.11. The normalized spacial score (nSPS) is 16.0. The van der Waals surface area contributed by atoms with E-state index in [0.717, 1.165) is 18.4 Å². The first-order valence-corrected chi connectivity index (χ1v) is 6.58. The van der Waals surface area contributed by atoms with Crippen LogP contribution in [0, 0.1) is 5.92 Å². The number of rotatable bonds is 6. The summed E-state index contributed by atoms with van der Waals surface area (Å²) in [5, 5.41) is 16.0. The van der Waals surface area contributed by atoms with Gasteiger partial charge in [0, 0.05) is 5.56 Å². The summed E-state index contributed by atoms with van der Waals surface area (Å²) in [7, 11) is 0. The summed E-state index contributed by atoms with van der Waals surface area (Å²) in [6, 6.07) is 8.98. The molecule has 0 bridgehead atoms. The summed E-state index contributed by atoms with van der Waals surface area (Å²) >= 11 is 0. The first-order valence-electron chi connectivity index (χ1n) is 6.58. The molecule has 0 saturated heterocycles. The molecule has 2 aromatic rings. The van der Waals surface area contributed by atoms with Crippen molar-refractivity contribution in [3.8, 4) is 11.4 Å². The number of benzene rings is 1. The molecule has 1 aliphatic carbocycles. The predicted molar refractivity (Wildman–Crippen MR) is 70.7 cm³/mol. The van der Waals surface area contributed by atoms with E-state index in [1.165, 1.54) is 0 Å². The monoisotopic (exact) mass is 273 g/mol. The van der Waals surface area contributed by atoms with Gasteiger partial charge in [0.15, 0.2) is 0 Å². The van der Waals surface area contributed by atoms with Crippen LogP contribution in [-0.4, -0.2) is 27.3 Å². The van der Waals surface area contributed by atoms with Crippen molar-refractivity contribution in [2.45, 2.75) is 25.4 Å². The lowest BCUT2D eigenvalue weighted by Crippen LogP contribution is -2.38. The summed E-state index contributed by atoms with van der Waals surface area (Å²) < 4.78 is 5.13. The number of aliphatic carboxylic acids is 1. The molecule has 0 amide bonds. The molecular weight excluding hydrogens is 258 g/mol. The molecule has 1 saturated carbocycles. The summed E-state index contributed by atoms with van der Waals surface area (Å²) in [5.41, 5.74) is 0.875. The third kappa shape index (κ3) is 2.85. The van der Waals surface area contributed by atoms with Crippen molar-refractivity contribution in [3.05, 3.63) is 36.2 Å². The molecule has 6 nitrogen and oxygen atoms in total. The minimum Gasteiger partial charge on any atom is -0.480 e. The second kappa shape index (κ2) is 5.42. The Balaban J connectivity index is 1.64. The number of carboxylic acids is 1. The van der Waals surface area contributed by atoms with Crippen LogP contribution in [0.1, 0.15) is 18.7 Å². The zero-order valence-corrected chi connectivity index (χ0v) is 10.8. The molecule has 3 rings (SSSR count). The fourth-order valence-electron chi connectivity index (χ4n) is 2.11. The van der Waals surface area contributed by atoms with E-state index in [2.05, 4.69) is 15.5 Å². The molecule has 2 N–H and O–H groups in total. The van der Waals surface area contributed by atoms with Crippen LogP contribution in [0.15, 0.2) is 34.9 Å². The van der Waals surface area contributed by atoms with Gasteiger partial charge in [-0.15, -0.1) is 0 Å². The van der Waals surface area contributed by atoms with Gasteiger partial charge < -0.3 is 9.63 Å². The van der Waals surface area contributed by atoms with Gasteiger partial charge >= 0.3 is 5.97 Å². The lowest BCUT2D eigenvalue weighted by Gasteiger charge is -2.10. The molecular formula is C14H15N3O3. The van der Waals surface area contributed by atoms with Crippen LogP contribution >= 0.6 is 0 Å². The van der Waals surface area contributed by atoms with Crippen molar-refractivity contribution < 1.29 is 14.4 Å². The molecule has 0 spiro atoms. The number of nitrogens with one attached hydrogen (secondary N) is 1. The molecule has 0 aliphatic heterocycles. The van der Waals surface area contributed by atoms with Crippen LogP contribution in [0.2, 0.25) is 0 Å². The maximum Gasteiger partial charge on any atom is 0.320 e. The largest absolute Gasteiger partial charge is 0.480 e. The number of aromatic nitrogens is 2. The zero-order valence-electron chi connectivity index (χ0n) is 10.8. The standard InChI is InChI=1S/C14H15N3O3/c18-14(19)12(9-6-7-9)15-8-11-16-13(17-20-11)10-4-2-1-3-5-10/h1-5,9,12,15H,6-8H2,(H,18,19). The third-order valence-electron chi connectivity index (χ3n) is 3.33. The summed E-state index contributed by atoms with van der Waals surface area (Å²) in [5.74, 6) is 0.316. The Morgan fingerprint density at radius 3 is 2.80 bits per heavy atom. The van der Waals surface area contributed by atoms with Gasteiger partial charge in [-0.3, -0.25) is 10.1 Å². The van der Waals surface area contributed by atoms with Crippen molar-refractivity contribution >= 4 is 5.97 Å². The third-order valence-corrected chi connectivity index (χ3v) is 3.33. The molecule has 104 valence electrons. The Bertz CT molecular complexity index is 593. The molecule has 20 heavy (non-hydrogen) atoms. The maximum absolute atomic E-state index is 11.1. The van der Waals surface area contributed by atoms with Crippen molar-refractivity contribution in [1.82, 2.24) is 15.5 Å². The van der Waals surface area contributed by atoms with E-state index in [1.54, 1.807) is 0 Å². The highest BCUT2D eigenvalue weighted by atomic mass is 16.5. The summed E-state index contributed by atoms with van der Waals surface area (Å²) in [6.07, 6.45) is 1.92. The van der Waals surface area contributed by atoms with Crippen LogP contribution in [0.25, 0.3) is 11.4 Å². The van der Waals surface area contributed by atoms with Crippen molar-refractivity contribution in [3.63, 3.8) is 0 Å². The molecule has 1 atom stereocenters. The highest BCUT2D eigenvalue weighted by Gasteiger charge is 2.36. The minimum atomic E-state index is -0.824. The van der Waals surface area contributed by atoms with Crippen LogP contribution in [0.4, 0.5) is 0 Å². The van der Waals surface area contributed by atoms with E-state index >= 15 is 0 Å². The van der Waals surface area contributed by atoms with Crippen LogP contribution in [-0.2, 0) is 11.3 Å². The van der Waals surface area contributed by atoms with E-state index in [-0.39, 0.29) is 12.5 Å². The number of carboxylic acid groups (broad SMARTS) is 1. The van der Waals surface area contributed by atoms with Crippen LogP contribution in [0.5, 0.6) is 0 Å². The van der Waals surface area contributed by atoms with Gasteiger partial charge in [-0.25, -0.2) is 0 Å². The van der Waals surface area contributed by atoms with E-state index in [9.17, 15) is 4.79 Å². The van der Waals surface area contributed by atoms with Gasteiger partial charge in [0.25, 0.3) is 0 Å². The molecule has 1 aromatic carbocycles. The maximum atomic E-state index is 11.1. The van der Waals surface area contributed by atoms with E-state index in [0.29, 0.717) is 11.7 Å². The van der Waals surface area contributed by atoms with Crippen LogP contribution < -0.4 is 5.32 Å². The fraction of sp³-hybridized carbons (Fsp3) is 0.357. The first kappa shape index (κ1) is 12.8. The Hall–Kier alpha value is -2.21. The van der Waals surface area contributed by atoms with Crippen molar-refractivity contribution in [1.29, 1.82) is 0 Å². The average Bonchev–Trinajstić information content (AvgIpc) is 3.17.